The number of carbonyl (C=O) groups is 1. The summed E-state index contributed by atoms with van der Waals surface area (Å²) in [4.78, 5) is 25.1. The van der Waals surface area contributed by atoms with Gasteiger partial charge in [-0.25, -0.2) is 14.8 Å². The summed E-state index contributed by atoms with van der Waals surface area (Å²) >= 11 is 0. The summed E-state index contributed by atoms with van der Waals surface area (Å²) in [5.74, 6) is 1.34. The van der Waals surface area contributed by atoms with Gasteiger partial charge in [0.1, 0.15) is 0 Å². The molecule has 7 nitrogen and oxygen atoms in total. The molecule has 1 aromatic heterocycles. The van der Waals surface area contributed by atoms with Gasteiger partial charge in [0.2, 0.25) is 0 Å². The molecule has 2 aliphatic rings. The van der Waals surface area contributed by atoms with E-state index in [2.05, 4.69) is 20.2 Å². The number of ether oxygens (including phenoxy) is 1. The van der Waals surface area contributed by atoms with Gasteiger partial charge < -0.3 is 19.9 Å². The molecule has 1 saturated heterocycles. The van der Waals surface area contributed by atoms with Crippen LogP contribution in [-0.4, -0.2) is 59.7 Å². The number of anilines is 1. The number of carbonyl (C=O) groups excluding carboxylic acids is 1. The van der Waals surface area contributed by atoms with Crippen molar-refractivity contribution in [3.63, 3.8) is 0 Å². The number of aromatic nitrogens is 2. The first-order chi connectivity index (χ1) is 11.7. The van der Waals surface area contributed by atoms with Crippen LogP contribution in [0.4, 0.5) is 10.6 Å². The Kier molecular flexibility index (Phi) is 5.37. The molecule has 0 aromatic carbocycles. The van der Waals surface area contributed by atoms with Gasteiger partial charge in [-0.15, -0.1) is 0 Å². The highest BCUT2D eigenvalue weighted by Gasteiger charge is 2.31. The molecule has 1 saturated carbocycles. The third kappa shape index (κ3) is 3.71. The van der Waals surface area contributed by atoms with Gasteiger partial charge in [0.05, 0.1) is 12.6 Å². The fourth-order valence-corrected chi connectivity index (χ4v) is 3.54. The minimum Gasteiger partial charge on any atom is -0.475 e. The molecular formula is C17H27N5O2. The van der Waals surface area contributed by atoms with Gasteiger partial charge in [0, 0.05) is 38.6 Å². The number of likely N-dealkylation sites (N-methyl/N-ethyl adjacent to an activating group) is 1. The van der Waals surface area contributed by atoms with Gasteiger partial charge in [0.15, 0.2) is 5.82 Å². The standard InChI is InChI=1S/C17H27N5O2/c1-3-24-16-15(18-9-10-19-16)22-11-8-14(12-22)21(2)17(23)20-13-6-4-5-7-13/h9-10,13-14H,3-8,11-12H2,1-2H3,(H,20,23). The van der Waals surface area contributed by atoms with E-state index in [4.69, 9.17) is 4.74 Å². The summed E-state index contributed by atoms with van der Waals surface area (Å²) in [5.41, 5.74) is 0. The van der Waals surface area contributed by atoms with Gasteiger partial charge in [-0.05, 0) is 26.2 Å². The maximum absolute atomic E-state index is 12.4. The topological polar surface area (TPSA) is 70.6 Å². The van der Waals surface area contributed by atoms with E-state index in [1.807, 2.05) is 18.9 Å². The molecular weight excluding hydrogens is 306 g/mol. The highest BCUT2D eigenvalue weighted by Crippen LogP contribution is 2.27. The van der Waals surface area contributed by atoms with Crippen molar-refractivity contribution in [3.8, 4) is 5.88 Å². The smallest absolute Gasteiger partial charge is 0.317 e. The molecule has 0 radical (unpaired) electrons. The van der Waals surface area contributed by atoms with E-state index in [0.717, 1.165) is 38.2 Å². The fraction of sp³-hybridized carbons (Fsp3) is 0.706. The zero-order valence-electron chi connectivity index (χ0n) is 14.6. The molecule has 1 aliphatic carbocycles. The Morgan fingerprint density at radius 2 is 2.08 bits per heavy atom. The summed E-state index contributed by atoms with van der Waals surface area (Å²) in [5, 5.41) is 3.16. The van der Waals surface area contributed by atoms with Crippen LogP contribution in [-0.2, 0) is 0 Å². The minimum absolute atomic E-state index is 0.0397. The molecule has 2 heterocycles. The Morgan fingerprint density at radius 1 is 1.33 bits per heavy atom. The lowest BCUT2D eigenvalue weighted by molar-refractivity contribution is 0.190. The van der Waals surface area contributed by atoms with Crippen LogP contribution in [0.5, 0.6) is 5.88 Å². The number of amides is 2. The lowest BCUT2D eigenvalue weighted by Crippen LogP contribution is -2.47. The fourth-order valence-electron chi connectivity index (χ4n) is 3.54. The molecule has 0 bridgehead atoms. The molecule has 1 atom stereocenters. The van der Waals surface area contributed by atoms with Crippen molar-refractivity contribution < 1.29 is 9.53 Å². The van der Waals surface area contributed by atoms with Crippen LogP contribution in [0, 0.1) is 0 Å². The molecule has 3 rings (SSSR count). The first kappa shape index (κ1) is 16.8. The van der Waals surface area contributed by atoms with E-state index in [1.54, 1.807) is 12.4 Å². The Labute approximate surface area is 143 Å². The van der Waals surface area contributed by atoms with Crippen LogP contribution in [0.2, 0.25) is 0 Å². The Bertz CT molecular complexity index is 562. The molecule has 24 heavy (non-hydrogen) atoms. The van der Waals surface area contributed by atoms with Crippen LogP contribution < -0.4 is 15.0 Å². The SMILES string of the molecule is CCOc1nccnc1N1CCC(N(C)C(=O)NC2CCCC2)C1. The number of rotatable bonds is 5. The molecule has 2 amide bonds. The van der Waals surface area contributed by atoms with Crippen LogP contribution in [0.1, 0.15) is 39.0 Å². The molecule has 7 heteroatoms. The highest BCUT2D eigenvalue weighted by molar-refractivity contribution is 5.74. The maximum Gasteiger partial charge on any atom is 0.317 e. The highest BCUT2D eigenvalue weighted by atomic mass is 16.5. The predicted molar refractivity (Wildman–Crippen MR) is 92.4 cm³/mol. The predicted octanol–water partition coefficient (Wildman–Crippen LogP) is 2.04. The molecule has 2 fully saturated rings. The lowest BCUT2D eigenvalue weighted by Gasteiger charge is -2.27. The third-order valence-electron chi connectivity index (χ3n) is 4.94. The third-order valence-corrected chi connectivity index (χ3v) is 4.94. The molecule has 1 aliphatic heterocycles. The molecule has 1 N–H and O–H groups in total. The quantitative estimate of drug-likeness (QED) is 0.893. The molecule has 132 valence electrons. The zero-order chi connectivity index (χ0) is 16.9. The van der Waals surface area contributed by atoms with Gasteiger partial charge in [-0.2, -0.15) is 0 Å². The Hall–Kier alpha value is -2.05. The first-order valence-electron chi connectivity index (χ1n) is 8.91. The number of hydrogen-bond donors (Lipinski definition) is 1. The zero-order valence-corrected chi connectivity index (χ0v) is 14.6. The van der Waals surface area contributed by atoms with Gasteiger partial charge in [-0.3, -0.25) is 0 Å². The van der Waals surface area contributed by atoms with Crippen molar-refractivity contribution in [1.29, 1.82) is 0 Å². The van der Waals surface area contributed by atoms with E-state index in [-0.39, 0.29) is 12.1 Å². The summed E-state index contributed by atoms with van der Waals surface area (Å²) in [6.45, 7) is 4.11. The van der Waals surface area contributed by atoms with Crippen LogP contribution in [0.15, 0.2) is 12.4 Å². The van der Waals surface area contributed by atoms with E-state index in [9.17, 15) is 4.79 Å². The first-order valence-corrected chi connectivity index (χ1v) is 8.91. The van der Waals surface area contributed by atoms with E-state index in [0.29, 0.717) is 18.5 Å². The number of hydrogen-bond acceptors (Lipinski definition) is 5. The summed E-state index contributed by atoms with van der Waals surface area (Å²) in [6, 6.07) is 0.572. The molecule has 0 spiro atoms. The minimum atomic E-state index is 0.0397. The van der Waals surface area contributed by atoms with Crippen molar-refractivity contribution in [2.45, 2.75) is 51.1 Å². The van der Waals surface area contributed by atoms with Crippen molar-refractivity contribution in [2.75, 3.05) is 31.6 Å². The van der Waals surface area contributed by atoms with Crippen LogP contribution >= 0.6 is 0 Å². The average molecular weight is 333 g/mol. The Morgan fingerprint density at radius 3 is 2.83 bits per heavy atom. The van der Waals surface area contributed by atoms with E-state index in [1.165, 1.54) is 12.8 Å². The second-order valence-corrected chi connectivity index (χ2v) is 6.55. The lowest BCUT2D eigenvalue weighted by atomic mass is 10.2. The van der Waals surface area contributed by atoms with E-state index < -0.39 is 0 Å². The molecule has 1 unspecified atom stereocenters. The van der Waals surface area contributed by atoms with Crippen LogP contribution in [0.3, 0.4) is 0 Å². The summed E-state index contributed by atoms with van der Waals surface area (Å²) in [6.07, 6.45) is 8.90. The summed E-state index contributed by atoms with van der Waals surface area (Å²) < 4.78 is 5.57. The molecule has 1 aromatic rings. The second-order valence-electron chi connectivity index (χ2n) is 6.55. The normalized spacial score (nSPS) is 21.1. The summed E-state index contributed by atoms with van der Waals surface area (Å²) in [7, 11) is 1.89. The van der Waals surface area contributed by atoms with Crippen LogP contribution in [0.25, 0.3) is 0 Å². The van der Waals surface area contributed by atoms with Gasteiger partial charge in [0.25, 0.3) is 5.88 Å². The largest absolute Gasteiger partial charge is 0.475 e. The van der Waals surface area contributed by atoms with Crippen molar-refractivity contribution in [1.82, 2.24) is 20.2 Å². The van der Waals surface area contributed by atoms with Crippen molar-refractivity contribution in [2.24, 2.45) is 0 Å². The van der Waals surface area contributed by atoms with Crippen molar-refractivity contribution in [3.05, 3.63) is 12.4 Å². The number of nitrogens with one attached hydrogen (secondary N) is 1. The van der Waals surface area contributed by atoms with Gasteiger partial charge >= 0.3 is 6.03 Å². The second kappa shape index (κ2) is 7.68. The maximum atomic E-state index is 12.4. The number of nitrogens with zero attached hydrogens (tertiary/aromatic N) is 4. The van der Waals surface area contributed by atoms with E-state index >= 15 is 0 Å². The Balaban J connectivity index is 1.59. The van der Waals surface area contributed by atoms with Crippen molar-refractivity contribution >= 4 is 11.8 Å². The average Bonchev–Trinajstić information content (AvgIpc) is 3.26. The number of urea groups is 1. The van der Waals surface area contributed by atoms with Gasteiger partial charge in [-0.1, -0.05) is 12.8 Å². The monoisotopic (exact) mass is 333 g/mol.